The smallest absolute Gasteiger partial charge is 0.459 e. The fourth-order valence-electron chi connectivity index (χ4n) is 8.77. The molecule has 93 heavy (non-hydrogen) atoms. The van der Waals surface area contributed by atoms with Gasteiger partial charge in [-0.2, -0.15) is 12.1 Å². The third-order valence-corrected chi connectivity index (χ3v) is 115. The number of aromatic amines is 3. The Kier molecular flexibility index (Phi) is 37.8. The first-order valence-electron chi connectivity index (χ1n) is 26.8. The molecule has 25 atom stereocenters. The molecule has 24 nitrogen and oxygen atoms in total. The summed E-state index contributed by atoms with van der Waals surface area (Å²) in [5, 5.41) is 32.1. The Hall–Kier alpha value is 0.760. The summed E-state index contributed by atoms with van der Waals surface area (Å²) in [4.78, 5) is 87.1. The van der Waals surface area contributed by atoms with Gasteiger partial charge in [0, 0.05) is 42.7 Å². The van der Waals surface area contributed by atoms with Crippen molar-refractivity contribution >= 4 is 151 Å². The zero-order chi connectivity index (χ0) is 69.5. The van der Waals surface area contributed by atoms with Gasteiger partial charge >= 0.3 is 30.8 Å². The van der Waals surface area contributed by atoms with Crippen LogP contribution in [0.3, 0.4) is 0 Å². The van der Waals surface area contributed by atoms with Gasteiger partial charge < -0.3 is 46.7 Å². The number of benzene rings is 1. The highest BCUT2D eigenvalue weighted by molar-refractivity contribution is 9.31. The lowest BCUT2D eigenvalue weighted by molar-refractivity contribution is -0.149. The maximum atomic E-state index is 15.1. The molecule has 0 spiro atoms. The number of hydrogen-bond donors (Lipinski definition) is 7. The molecule has 3 saturated heterocycles. The number of carbonyl (C=O) groups excluding carboxylic acids is 1. The molecule has 45 heteroatoms. The first kappa shape index (κ1) is 88.0. The summed E-state index contributed by atoms with van der Waals surface area (Å²) in [5.41, 5.74) is -8.83. The van der Waals surface area contributed by atoms with Gasteiger partial charge in [-0.1, -0.05) is 64.7 Å². The number of hydrogen-bond acceptors (Lipinski definition) is 17. The van der Waals surface area contributed by atoms with Gasteiger partial charge in [0.25, 0.3) is 16.7 Å². The lowest BCUT2D eigenvalue weighted by Gasteiger charge is -2.48. The van der Waals surface area contributed by atoms with Crippen molar-refractivity contribution in [2.45, 2.75) is 127 Å². The van der Waals surface area contributed by atoms with Crippen LogP contribution in [-0.2, 0) is 32.8 Å². The minimum absolute atomic E-state index is 0. The van der Waals surface area contributed by atoms with Gasteiger partial charge in [-0.3, -0.25) is 61.3 Å². The number of halogens is 3. The van der Waals surface area contributed by atoms with Gasteiger partial charge in [0.1, 0.15) is 35.2 Å². The molecule has 0 radical (unpaired) electrons. The molecule has 4 aromatic rings. The summed E-state index contributed by atoms with van der Waals surface area (Å²) < 4.78 is 92.7. The van der Waals surface area contributed by atoms with E-state index >= 15 is 4.39 Å². The van der Waals surface area contributed by atoms with Crippen LogP contribution >= 0.6 is 145 Å². The third kappa shape index (κ3) is 22.9. The second kappa shape index (κ2) is 40.0. The summed E-state index contributed by atoms with van der Waals surface area (Å²) in [7, 11) is 25.0. The largest absolute Gasteiger partial charge is 0.471 e. The molecular formula is C48H81F3N7O17P18-. The monoisotopic (exact) mass is 1640 g/mol. The van der Waals surface area contributed by atoms with Gasteiger partial charge in [-0.25, -0.2) is 32.1 Å². The molecule has 0 bridgehead atoms. The normalized spacial score (nSPS) is 27.5. The third-order valence-electron chi connectivity index (χ3n) is 13.6. The van der Waals surface area contributed by atoms with Gasteiger partial charge in [0.05, 0.1) is 24.9 Å². The van der Waals surface area contributed by atoms with Crippen LogP contribution < -0.4 is 43.4 Å². The van der Waals surface area contributed by atoms with Gasteiger partial charge in [0.15, 0.2) is 37.2 Å². The summed E-state index contributed by atoms with van der Waals surface area (Å²) >= 11 is 0. The molecule has 7 rings (SSSR count). The second-order valence-electron chi connectivity index (χ2n) is 20.0. The fourth-order valence-corrected chi connectivity index (χ4v) is 194. The van der Waals surface area contributed by atoms with Crippen LogP contribution in [0, 0.1) is 5.92 Å². The van der Waals surface area contributed by atoms with Crippen molar-refractivity contribution in [1.29, 1.82) is 0 Å². The Morgan fingerprint density at radius 1 is 0.699 bits per heavy atom. The molecule has 3 aromatic heterocycles. The first-order valence-corrected chi connectivity index (χ1v) is 58.1. The number of alkyl halides is 3. The number of H-pyrrole nitrogens is 3. The number of ether oxygens (including phenoxy) is 4. The van der Waals surface area contributed by atoms with Crippen molar-refractivity contribution in [2.24, 2.45) is 5.92 Å². The minimum atomic E-state index is -4.39. The zero-order valence-corrected chi connectivity index (χ0v) is 68.4. The summed E-state index contributed by atoms with van der Waals surface area (Å²) in [5.74, 6) is -1.02. The number of aliphatic hydroxyl groups excluding tert-OH is 3. The lowest BCUT2D eigenvalue weighted by atomic mass is 9.85. The van der Waals surface area contributed by atoms with E-state index in [9.17, 15) is 62.2 Å². The Labute approximate surface area is 566 Å². The number of nitrogens with one attached hydrogen (secondary N) is 4. The Bertz CT molecular complexity index is 3420. The SMILES string of the molecule is C.C=C[C@]1(CC)O[C@@H](n2ccc(=O)[nH]c2=O)[C@H](F)[C@@H]1C.C=C[C@]1(CO)O[C@@H](n2ccc(=O)[nH]c2=O)[C@H](F)[C@@H]1O.C=C[C@]1(COP(=O)(N[C@@H](C)C(=O)OC(C)C)Oc2ccccc2)O[C@@H](n2ccc(=O)[nH]c2=O)[C@H](F)[C@@H]1O.P[P-]P(P(P)P)P(P(P)P)P(P(P)P)P(P)P. The van der Waals surface area contributed by atoms with Crippen LogP contribution in [-0.4, -0.2) is 123 Å². The highest BCUT2D eigenvalue weighted by Gasteiger charge is 2.57. The quantitative estimate of drug-likeness (QED) is 0.0195. The number of rotatable bonds is 24. The van der Waals surface area contributed by atoms with E-state index in [0.717, 1.165) is 50.4 Å². The molecule has 12 unspecified atom stereocenters. The number of nitrogens with zero attached hydrogens (tertiary/aromatic N) is 3. The van der Waals surface area contributed by atoms with Crippen LogP contribution in [0.25, 0.3) is 0 Å². The predicted molar refractivity (Wildman–Crippen MR) is 410 cm³/mol. The van der Waals surface area contributed by atoms with E-state index in [2.05, 4.69) is 110 Å². The van der Waals surface area contributed by atoms with E-state index in [0.29, 0.717) is 6.42 Å². The van der Waals surface area contributed by atoms with Crippen LogP contribution in [0.2, 0.25) is 0 Å². The Morgan fingerprint density at radius 3 is 1.43 bits per heavy atom. The number of para-hydroxylation sites is 1. The number of aliphatic hydroxyl groups is 3. The maximum Gasteiger partial charge on any atom is 0.459 e. The Balaban J connectivity index is 0.000000344. The van der Waals surface area contributed by atoms with E-state index in [-0.39, 0.29) is 62.1 Å². The average Bonchev–Trinajstić information content (AvgIpc) is 1.64. The van der Waals surface area contributed by atoms with Crippen molar-refractivity contribution in [2.75, 3.05) is 13.2 Å². The molecule has 3 aliphatic rings. The molecule has 522 valence electrons. The molecule has 3 fully saturated rings. The van der Waals surface area contributed by atoms with Gasteiger partial charge in [-0.05, 0) is 74.3 Å². The molecule has 6 heterocycles. The minimum Gasteiger partial charge on any atom is -0.471 e. The Morgan fingerprint density at radius 2 is 1.10 bits per heavy atom. The van der Waals surface area contributed by atoms with E-state index in [1.54, 1.807) is 53.0 Å². The summed E-state index contributed by atoms with van der Waals surface area (Å²) in [6.45, 7) is 18.2. The van der Waals surface area contributed by atoms with Crippen LogP contribution in [0.1, 0.15) is 67.1 Å². The van der Waals surface area contributed by atoms with Crippen LogP contribution in [0.4, 0.5) is 13.2 Å². The average molecular weight is 1640 g/mol. The standard InChI is InChI=1S/C23H29FN3O9P.C13H17FN2O3.C11H13FN2O5.CH4.H18P17/c1-5-23(19(29)18(24)20(35-23)27-12-11-17(28)25-22(27)31)13-33-37(32,36-16-9-7-6-8-10-16)26-15(4)21(30)34-14(2)3;1-4-13(5-2)8(3)10(14)11(19-13)16-7-6-9(17)15-12(16)18;1-2-11(5-15)8(17)7(12)9(19-11)14-4-3-6(16)13-10(14)18;;1-10-15(11(2)3)17(14(8)9)16(12(4)5)13(6)7/h5-12,14-15,18-20,29H,1,13H2,2-4H3,(H,26,32)(H,25,28,31);4,6-8,10-11H,1,5H2,2-3H3,(H,15,17,18);2-4,7-9,15,17H,1,5H2,(H,13,16,18);1H4;1-9H2/q;;;;-1/t15-,18+,19-,20+,23+,37?;8-,10+,11+,13+;7-,8+,9-,11-;;/m001../s1. The molecule has 1 aromatic carbocycles. The van der Waals surface area contributed by atoms with E-state index in [1.807, 2.05) is 16.9 Å². The lowest BCUT2D eigenvalue weighted by Crippen LogP contribution is -2.45. The van der Waals surface area contributed by atoms with Crippen molar-refractivity contribution < 1.29 is 65.8 Å². The molecule has 3 aliphatic heterocycles. The molecule has 0 saturated carbocycles. The van der Waals surface area contributed by atoms with Crippen LogP contribution in [0.15, 0.2) is 134 Å². The van der Waals surface area contributed by atoms with E-state index < -0.39 is 145 Å². The topological polar surface area (TPSA) is 327 Å². The second-order valence-corrected chi connectivity index (χ2v) is 85.2. The first-order chi connectivity index (χ1) is 43.0. The number of aromatic nitrogens is 6. The molecular weight excluding hydrogens is 1560 g/mol. The van der Waals surface area contributed by atoms with E-state index in [1.165, 1.54) is 31.3 Å². The van der Waals surface area contributed by atoms with Gasteiger partial charge in [-0.15, -0.1) is 91.2 Å². The van der Waals surface area contributed by atoms with Crippen molar-refractivity contribution in [1.82, 2.24) is 33.7 Å². The fraction of sp³-hybridized carbons (Fsp3) is 0.479. The van der Waals surface area contributed by atoms with Gasteiger partial charge in [0.2, 0.25) is 0 Å². The summed E-state index contributed by atoms with van der Waals surface area (Å²) in [6.07, 6.45) is -6.04. The maximum absolute atomic E-state index is 15.1. The zero-order valence-electron chi connectivity index (χ0n) is 49.9. The summed E-state index contributed by atoms with van der Waals surface area (Å²) in [6, 6.07) is 9.95. The van der Waals surface area contributed by atoms with Crippen molar-refractivity contribution in [3.8, 4) is 5.75 Å². The number of esters is 1. The number of carbonyl (C=O) groups is 1. The highest BCUT2D eigenvalue weighted by atomic mass is 33.4. The van der Waals surface area contributed by atoms with Crippen LogP contribution in [0.5, 0.6) is 5.75 Å². The predicted octanol–water partition coefficient (Wildman–Crippen LogP) is 12.3. The highest BCUT2D eigenvalue weighted by Crippen LogP contribution is 3.25. The molecule has 7 N–H and O–H groups in total. The van der Waals surface area contributed by atoms with Crippen molar-refractivity contribution in [3.63, 3.8) is 0 Å². The molecule has 0 amide bonds. The molecule has 0 aliphatic carbocycles. The van der Waals surface area contributed by atoms with Crippen molar-refractivity contribution in [3.05, 3.63) is 168 Å². The van der Waals surface area contributed by atoms with E-state index in [4.69, 9.17) is 28.0 Å².